The van der Waals surface area contributed by atoms with Gasteiger partial charge in [-0.3, -0.25) is 0 Å². The van der Waals surface area contributed by atoms with E-state index in [1.54, 1.807) is 18.2 Å². The van der Waals surface area contributed by atoms with Gasteiger partial charge >= 0.3 is 5.97 Å². The van der Waals surface area contributed by atoms with Gasteiger partial charge in [0.2, 0.25) is 0 Å². The zero-order chi connectivity index (χ0) is 9.84. The lowest BCUT2D eigenvalue weighted by atomic mass is 10.1. The van der Waals surface area contributed by atoms with Gasteiger partial charge in [0.15, 0.2) is 0 Å². The SMILES string of the molecule is COC(=O)c1ccc(CN)cc1N. The van der Waals surface area contributed by atoms with Gasteiger partial charge in [0.05, 0.1) is 12.7 Å². The lowest BCUT2D eigenvalue weighted by Crippen LogP contribution is -2.07. The minimum atomic E-state index is -0.430. The van der Waals surface area contributed by atoms with Crippen molar-refractivity contribution in [2.45, 2.75) is 6.54 Å². The quantitative estimate of drug-likeness (QED) is 0.513. The van der Waals surface area contributed by atoms with E-state index in [0.717, 1.165) is 5.56 Å². The second kappa shape index (κ2) is 3.91. The van der Waals surface area contributed by atoms with Crippen LogP contribution in [0.4, 0.5) is 5.69 Å². The lowest BCUT2D eigenvalue weighted by molar-refractivity contribution is 0.0602. The second-order valence-corrected chi connectivity index (χ2v) is 2.62. The number of methoxy groups -OCH3 is 1. The van der Waals surface area contributed by atoms with E-state index in [1.807, 2.05) is 0 Å². The number of ether oxygens (including phenoxy) is 1. The van der Waals surface area contributed by atoms with Crippen molar-refractivity contribution in [2.24, 2.45) is 5.73 Å². The van der Waals surface area contributed by atoms with Gasteiger partial charge in [0.25, 0.3) is 0 Å². The summed E-state index contributed by atoms with van der Waals surface area (Å²) in [5, 5.41) is 0. The molecule has 4 N–H and O–H groups in total. The van der Waals surface area contributed by atoms with Crippen molar-refractivity contribution in [1.82, 2.24) is 0 Å². The zero-order valence-corrected chi connectivity index (χ0v) is 7.41. The number of carbonyl (C=O) groups is 1. The number of benzene rings is 1. The summed E-state index contributed by atoms with van der Waals surface area (Å²) < 4.78 is 4.54. The molecule has 0 spiro atoms. The number of esters is 1. The summed E-state index contributed by atoms with van der Waals surface area (Å²) >= 11 is 0. The molecule has 1 aromatic carbocycles. The zero-order valence-electron chi connectivity index (χ0n) is 7.41. The predicted molar refractivity (Wildman–Crippen MR) is 50.1 cm³/mol. The van der Waals surface area contributed by atoms with E-state index in [2.05, 4.69) is 4.74 Å². The molecule has 0 amide bonds. The van der Waals surface area contributed by atoms with Gasteiger partial charge in [0, 0.05) is 12.2 Å². The highest BCUT2D eigenvalue weighted by atomic mass is 16.5. The smallest absolute Gasteiger partial charge is 0.339 e. The maximum Gasteiger partial charge on any atom is 0.339 e. The van der Waals surface area contributed by atoms with Crippen molar-refractivity contribution in [3.05, 3.63) is 29.3 Å². The fourth-order valence-corrected chi connectivity index (χ4v) is 1.04. The standard InChI is InChI=1S/C9H12N2O2/c1-13-9(12)7-3-2-6(5-10)4-8(7)11/h2-4H,5,10-11H2,1H3. The van der Waals surface area contributed by atoms with Crippen LogP contribution in [-0.4, -0.2) is 13.1 Å². The third-order valence-electron chi connectivity index (χ3n) is 1.76. The first-order valence-corrected chi connectivity index (χ1v) is 3.86. The maximum absolute atomic E-state index is 11.1. The van der Waals surface area contributed by atoms with Crippen LogP contribution in [0.25, 0.3) is 0 Å². The highest BCUT2D eigenvalue weighted by Crippen LogP contribution is 2.14. The Kier molecular flexibility index (Phi) is 2.87. The molecule has 0 bridgehead atoms. The molecule has 0 aliphatic rings. The fraction of sp³-hybridized carbons (Fsp3) is 0.222. The van der Waals surface area contributed by atoms with Crippen LogP contribution in [0.2, 0.25) is 0 Å². The highest BCUT2D eigenvalue weighted by Gasteiger charge is 2.08. The molecule has 13 heavy (non-hydrogen) atoms. The Morgan fingerprint density at radius 2 is 2.23 bits per heavy atom. The van der Waals surface area contributed by atoms with Gasteiger partial charge in [-0.15, -0.1) is 0 Å². The van der Waals surface area contributed by atoms with Gasteiger partial charge in [-0.25, -0.2) is 4.79 Å². The summed E-state index contributed by atoms with van der Waals surface area (Å²) in [7, 11) is 1.32. The third kappa shape index (κ3) is 1.97. The number of nitrogen functional groups attached to an aromatic ring is 1. The van der Waals surface area contributed by atoms with Crippen molar-refractivity contribution >= 4 is 11.7 Å². The van der Waals surface area contributed by atoms with Gasteiger partial charge in [-0.1, -0.05) is 6.07 Å². The second-order valence-electron chi connectivity index (χ2n) is 2.62. The van der Waals surface area contributed by atoms with E-state index in [4.69, 9.17) is 11.5 Å². The Hall–Kier alpha value is -1.55. The van der Waals surface area contributed by atoms with E-state index in [9.17, 15) is 4.79 Å². The van der Waals surface area contributed by atoms with Crippen molar-refractivity contribution in [3.63, 3.8) is 0 Å². The Balaban J connectivity index is 3.05. The predicted octanol–water partition coefficient (Wildman–Crippen LogP) is 0.514. The molecule has 0 unspecified atom stereocenters. The summed E-state index contributed by atoms with van der Waals surface area (Å²) in [6, 6.07) is 5.04. The number of nitrogens with two attached hydrogens (primary N) is 2. The van der Waals surface area contributed by atoms with Crippen LogP contribution >= 0.6 is 0 Å². The van der Waals surface area contributed by atoms with Crippen LogP contribution < -0.4 is 11.5 Å². The topological polar surface area (TPSA) is 78.3 Å². The molecule has 0 atom stereocenters. The first-order valence-electron chi connectivity index (χ1n) is 3.86. The van der Waals surface area contributed by atoms with E-state index in [1.165, 1.54) is 7.11 Å². The molecule has 0 aliphatic carbocycles. The normalized spacial score (nSPS) is 9.69. The monoisotopic (exact) mass is 180 g/mol. The summed E-state index contributed by atoms with van der Waals surface area (Å²) in [5.41, 5.74) is 12.7. The van der Waals surface area contributed by atoms with Crippen molar-refractivity contribution < 1.29 is 9.53 Å². The molecular weight excluding hydrogens is 168 g/mol. The summed E-state index contributed by atoms with van der Waals surface area (Å²) in [4.78, 5) is 11.1. The Bertz CT molecular complexity index is 323. The largest absolute Gasteiger partial charge is 0.465 e. The average molecular weight is 180 g/mol. The van der Waals surface area contributed by atoms with Gasteiger partial charge in [0.1, 0.15) is 0 Å². The summed E-state index contributed by atoms with van der Waals surface area (Å²) in [6.07, 6.45) is 0. The Morgan fingerprint density at radius 3 is 2.69 bits per heavy atom. The Morgan fingerprint density at radius 1 is 1.54 bits per heavy atom. The number of carbonyl (C=O) groups excluding carboxylic acids is 1. The molecule has 70 valence electrons. The molecule has 0 aliphatic heterocycles. The van der Waals surface area contributed by atoms with Gasteiger partial charge < -0.3 is 16.2 Å². The summed E-state index contributed by atoms with van der Waals surface area (Å²) in [5.74, 6) is -0.430. The molecule has 0 radical (unpaired) electrons. The van der Waals surface area contributed by atoms with E-state index >= 15 is 0 Å². The van der Waals surface area contributed by atoms with Crippen LogP contribution in [0.3, 0.4) is 0 Å². The molecule has 1 aromatic rings. The lowest BCUT2D eigenvalue weighted by Gasteiger charge is -2.04. The first kappa shape index (κ1) is 9.54. The van der Waals surface area contributed by atoms with Crippen molar-refractivity contribution in [3.8, 4) is 0 Å². The van der Waals surface area contributed by atoms with Crippen LogP contribution in [-0.2, 0) is 11.3 Å². The molecule has 1 rings (SSSR count). The van der Waals surface area contributed by atoms with Crippen LogP contribution in [0.5, 0.6) is 0 Å². The molecule has 0 saturated heterocycles. The van der Waals surface area contributed by atoms with Crippen molar-refractivity contribution in [1.29, 1.82) is 0 Å². The van der Waals surface area contributed by atoms with E-state index in [0.29, 0.717) is 17.8 Å². The van der Waals surface area contributed by atoms with E-state index < -0.39 is 5.97 Å². The minimum absolute atomic E-state index is 0.375. The summed E-state index contributed by atoms with van der Waals surface area (Å²) in [6.45, 7) is 0.408. The van der Waals surface area contributed by atoms with Crippen LogP contribution in [0, 0.1) is 0 Å². The number of anilines is 1. The van der Waals surface area contributed by atoms with Crippen LogP contribution in [0.15, 0.2) is 18.2 Å². The average Bonchev–Trinajstić information content (AvgIpc) is 2.16. The Labute approximate surface area is 76.5 Å². The number of hydrogen-bond donors (Lipinski definition) is 2. The molecule has 0 saturated carbocycles. The maximum atomic E-state index is 11.1. The molecule has 4 nitrogen and oxygen atoms in total. The van der Waals surface area contributed by atoms with Crippen molar-refractivity contribution in [2.75, 3.05) is 12.8 Å². The number of rotatable bonds is 2. The number of hydrogen-bond acceptors (Lipinski definition) is 4. The van der Waals surface area contributed by atoms with Gasteiger partial charge in [-0.05, 0) is 17.7 Å². The van der Waals surface area contributed by atoms with Gasteiger partial charge in [-0.2, -0.15) is 0 Å². The molecule has 0 aromatic heterocycles. The fourth-order valence-electron chi connectivity index (χ4n) is 1.04. The molecule has 4 heteroatoms. The molecule has 0 heterocycles. The molecule has 0 fully saturated rings. The first-order chi connectivity index (χ1) is 6.19. The minimum Gasteiger partial charge on any atom is -0.465 e. The van der Waals surface area contributed by atoms with E-state index in [-0.39, 0.29) is 0 Å². The van der Waals surface area contributed by atoms with Crippen LogP contribution in [0.1, 0.15) is 15.9 Å². The molecular formula is C9H12N2O2. The third-order valence-corrected chi connectivity index (χ3v) is 1.76. The highest BCUT2D eigenvalue weighted by molar-refractivity contribution is 5.95.